The maximum absolute atomic E-state index is 11.5. The molecule has 0 aliphatic heterocycles. The monoisotopic (exact) mass is 237 g/mol. The van der Waals surface area contributed by atoms with E-state index in [1.165, 1.54) is 0 Å². The topological polar surface area (TPSA) is 93.8 Å². The molecule has 0 amide bonds. The summed E-state index contributed by atoms with van der Waals surface area (Å²) < 4.78 is 26.7. The molecule has 90 valence electrons. The van der Waals surface area contributed by atoms with Crippen LogP contribution in [-0.4, -0.2) is 45.5 Å². The molecule has 15 heavy (non-hydrogen) atoms. The number of hydrogen-bond acceptors (Lipinski definition) is 5. The number of nitrogens with zero attached hydrogens (tertiary/aromatic N) is 1. The standard InChI is InChI=1S/C8H19N3O3S/c1-8(2,15(4,12)13)7(11-9)10-5-6-14-3/h5-6,9H2,1-4H3,(H,10,11). The van der Waals surface area contributed by atoms with E-state index in [1.54, 1.807) is 21.0 Å². The molecule has 0 radical (unpaired) electrons. The predicted octanol–water partition coefficient (Wildman–Crippen LogP) is -0.682. The minimum absolute atomic E-state index is 0.238. The molecule has 0 spiro atoms. The van der Waals surface area contributed by atoms with Crippen molar-refractivity contribution < 1.29 is 13.2 Å². The molecular formula is C8H19N3O3S. The van der Waals surface area contributed by atoms with E-state index in [4.69, 9.17) is 10.6 Å². The summed E-state index contributed by atoms with van der Waals surface area (Å²) in [5, 5.41) is 0. The van der Waals surface area contributed by atoms with E-state index in [0.717, 1.165) is 6.26 Å². The van der Waals surface area contributed by atoms with Crippen LogP contribution in [0.3, 0.4) is 0 Å². The summed E-state index contributed by atoms with van der Waals surface area (Å²) >= 11 is 0. The van der Waals surface area contributed by atoms with Crippen LogP contribution in [0.2, 0.25) is 0 Å². The number of nitrogens with one attached hydrogen (secondary N) is 1. The highest BCUT2D eigenvalue weighted by atomic mass is 32.2. The Balaban J connectivity index is 4.89. The third kappa shape index (κ3) is 3.77. The molecule has 0 bridgehead atoms. The Morgan fingerprint density at radius 2 is 2.07 bits per heavy atom. The molecule has 0 aromatic heterocycles. The van der Waals surface area contributed by atoms with Gasteiger partial charge in [-0.2, -0.15) is 0 Å². The van der Waals surface area contributed by atoms with Gasteiger partial charge in [-0.25, -0.2) is 14.3 Å². The van der Waals surface area contributed by atoms with Crippen molar-refractivity contribution in [3.8, 4) is 0 Å². The highest BCUT2D eigenvalue weighted by molar-refractivity contribution is 7.92. The summed E-state index contributed by atoms with van der Waals surface area (Å²) in [6.07, 6.45) is 1.15. The van der Waals surface area contributed by atoms with Gasteiger partial charge >= 0.3 is 0 Å². The summed E-state index contributed by atoms with van der Waals surface area (Å²) in [6.45, 7) is 3.89. The molecule has 6 nitrogen and oxygen atoms in total. The van der Waals surface area contributed by atoms with E-state index < -0.39 is 14.6 Å². The van der Waals surface area contributed by atoms with Crippen molar-refractivity contribution in [3.63, 3.8) is 0 Å². The van der Waals surface area contributed by atoms with Crippen LogP contribution in [0, 0.1) is 0 Å². The minimum atomic E-state index is -3.26. The largest absolute Gasteiger partial charge is 0.383 e. The summed E-state index contributed by atoms with van der Waals surface area (Å²) in [5.74, 6) is 5.49. The summed E-state index contributed by atoms with van der Waals surface area (Å²) in [6, 6.07) is 0. The number of methoxy groups -OCH3 is 1. The van der Waals surface area contributed by atoms with Gasteiger partial charge in [0.2, 0.25) is 0 Å². The number of ether oxygens (including phenoxy) is 1. The van der Waals surface area contributed by atoms with Gasteiger partial charge < -0.3 is 10.2 Å². The lowest BCUT2D eigenvalue weighted by Crippen LogP contribution is -2.50. The zero-order valence-electron chi connectivity index (χ0n) is 9.57. The van der Waals surface area contributed by atoms with Gasteiger partial charge in [0.05, 0.1) is 13.2 Å². The molecule has 0 unspecified atom stereocenters. The highest BCUT2D eigenvalue weighted by Crippen LogP contribution is 2.15. The van der Waals surface area contributed by atoms with E-state index in [0.29, 0.717) is 13.2 Å². The molecule has 0 fully saturated rings. The molecule has 0 atom stereocenters. The van der Waals surface area contributed by atoms with E-state index in [9.17, 15) is 8.42 Å². The van der Waals surface area contributed by atoms with E-state index in [1.807, 2.05) is 0 Å². The van der Waals surface area contributed by atoms with Gasteiger partial charge in [0.15, 0.2) is 9.84 Å². The van der Waals surface area contributed by atoms with Crippen molar-refractivity contribution in [2.45, 2.75) is 18.6 Å². The lowest BCUT2D eigenvalue weighted by molar-refractivity contribution is 0.208. The zero-order valence-corrected chi connectivity index (χ0v) is 10.4. The van der Waals surface area contributed by atoms with Gasteiger partial charge in [-0.15, -0.1) is 0 Å². The summed E-state index contributed by atoms with van der Waals surface area (Å²) in [5.41, 5.74) is 2.32. The van der Waals surface area contributed by atoms with Crippen LogP contribution in [0.5, 0.6) is 0 Å². The molecule has 0 aliphatic rings. The molecule has 0 rings (SSSR count). The van der Waals surface area contributed by atoms with Crippen molar-refractivity contribution in [2.75, 3.05) is 26.5 Å². The van der Waals surface area contributed by atoms with Crippen LogP contribution in [-0.2, 0) is 14.6 Å². The number of hydrogen-bond donors (Lipinski definition) is 2. The minimum Gasteiger partial charge on any atom is -0.383 e. The maximum atomic E-state index is 11.5. The smallest absolute Gasteiger partial charge is 0.159 e. The van der Waals surface area contributed by atoms with Crippen molar-refractivity contribution in [3.05, 3.63) is 0 Å². The Bertz CT molecular complexity index is 322. The number of sulfone groups is 1. The fraction of sp³-hybridized carbons (Fsp3) is 0.875. The average molecular weight is 237 g/mol. The SMILES string of the molecule is COCCN=C(NN)C(C)(C)S(C)(=O)=O. The molecule has 3 N–H and O–H groups in total. The first-order chi connectivity index (χ1) is 6.77. The molecule has 0 aromatic carbocycles. The van der Waals surface area contributed by atoms with Crippen LogP contribution in [0.4, 0.5) is 0 Å². The van der Waals surface area contributed by atoms with Crippen molar-refractivity contribution >= 4 is 15.7 Å². The van der Waals surface area contributed by atoms with Crippen LogP contribution in [0.15, 0.2) is 4.99 Å². The summed E-state index contributed by atoms with van der Waals surface area (Å²) in [4.78, 5) is 4.05. The van der Waals surface area contributed by atoms with Crippen LogP contribution >= 0.6 is 0 Å². The van der Waals surface area contributed by atoms with Crippen molar-refractivity contribution in [1.29, 1.82) is 0 Å². The Morgan fingerprint density at radius 1 is 1.53 bits per heavy atom. The molecule has 7 heteroatoms. The molecule has 0 heterocycles. The normalized spacial score (nSPS) is 14.1. The second kappa shape index (κ2) is 5.43. The Hall–Kier alpha value is -0.660. The van der Waals surface area contributed by atoms with Crippen LogP contribution in [0.25, 0.3) is 0 Å². The zero-order chi connectivity index (χ0) is 12.1. The van der Waals surface area contributed by atoms with Gasteiger partial charge in [0.1, 0.15) is 10.6 Å². The number of rotatable bonds is 5. The third-order valence-electron chi connectivity index (χ3n) is 2.20. The highest BCUT2D eigenvalue weighted by Gasteiger charge is 2.35. The third-order valence-corrected chi connectivity index (χ3v) is 4.25. The van der Waals surface area contributed by atoms with Gasteiger partial charge in [0.25, 0.3) is 0 Å². The fourth-order valence-corrected chi connectivity index (χ4v) is 1.31. The Kier molecular flexibility index (Phi) is 5.19. The molecule has 0 saturated carbocycles. The molecular weight excluding hydrogens is 218 g/mol. The van der Waals surface area contributed by atoms with Gasteiger partial charge in [-0.05, 0) is 13.8 Å². The Labute approximate surface area is 90.8 Å². The van der Waals surface area contributed by atoms with E-state index in [-0.39, 0.29) is 5.84 Å². The first-order valence-electron chi connectivity index (χ1n) is 4.47. The lowest BCUT2D eigenvalue weighted by atomic mass is 10.2. The number of nitrogens with two attached hydrogens (primary N) is 1. The second-order valence-electron chi connectivity index (χ2n) is 3.65. The van der Waals surface area contributed by atoms with Crippen LogP contribution in [0.1, 0.15) is 13.8 Å². The molecule has 0 saturated heterocycles. The van der Waals surface area contributed by atoms with Gasteiger partial charge in [0, 0.05) is 13.4 Å². The maximum Gasteiger partial charge on any atom is 0.159 e. The fourth-order valence-electron chi connectivity index (χ4n) is 0.834. The van der Waals surface area contributed by atoms with Crippen LogP contribution < -0.4 is 11.3 Å². The predicted molar refractivity (Wildman–Crippen MR) is 60.4 cm³/mol. The second-order valence-corrected chi connectivity index (χ2v) is 6.21. The van der Waals surface area contributed by atoms with Crippen molar-refractivity contribution in [2.24, 2.45) is 10.8 Å². The van der Waals surface area contributed by atoms with Gasteiger partial charge in [-0.1, -0.05) is 0 Å². The molecule has 0 aliphatic carbocycles. The lowest BCUT2D eigenvalue weighted by Gasteiger charge is -2.24. The number of hydrazine groups is 1. The summed E-state index contributed by atoms with van der Waals surface area (Å²) in [7, 11) is -1.72. The molecule has 0 aromatic rings. The van der Waals surface area contributed by atoms with Crippen molar-refractivity contribution in [1.82, 2.24) is 5.43 Å². The first-order valence-corrected chi connectivity index (χ1v) is 6.36. The first kappa shape index (κ1) is 14.3. The van der Waals surface area contributed by atoms with E-state index in [2.05, 4.69) is 10.4 Å². The van der Waals surface area contributed by atoms with E-state index >= 15 is 0 Å². The average Bonchev–Trinajstić information content (AvgIpc) is 2.10. The van der Waals surface area contributed by atoms with Gasteiger partial charge in [-0.3, -0.25) is 4.99 Å². The number of aliphatic imine (C=N–C) groups is 1. The Morgan fingerprint density at radius 3 is 2.40 bits per heavy atom. The number of amidine groups is 1. The quantitative estimate of drug-likeness (QED) is 0.217.